The Balaban J connectivity index is 2.04. The number of rotatable bonds is 7. The third-order valence-corrected chi connectivity index (χ3v) is 4.56. The summed E-state index contributed by atoms with van der Waals surface area (Å²) in [6, 6.07) is 6.29. The van der Waals surface area contributed by atoms with E-state index in [-0.39, 0.29) is 12.0 Å². The minimum Gasteiger partial charge on any atom is -0.388 e. The van der Waals surface area contributed by atoms with Gasteiger partial charge in [0.05, 0.1) is 6.10 Å². The van der Waals surface area contributed by atoms with Gasteiger partial charge in [-0.15, -0.1) is 0 Å². The molecule has 1 atom stereocenters. The van der Waals surface area contributed by atoms with Crippen molar-refractivity contribution >= 4 is 5.91 Å². The zero-order valence-corrected chi connectivity index (χ0v) is 14.0. The van der Waals surface area contributed by atoms with Crippen LogP contribution in [0.4, 0.5) is 0 Å². The first-order chi connectivity index (χ1) is 10.7. The maximum atomic E-state index is 12.2. The highest BCUT2D eigenvalue weighted by molar-refractivity contribution is 5.76. The second kappa shape index (κ2) is 8.33. The van der Waals surface area contributed by atoms with Crippen molar-refractivity contribution in [2.24, 2.45) is 0 Å². The highest BCUT2D eigenvalue weighted by Gasteiger charge is 2.21. The van der Waals surface area contributed by atoms with E-state index in [1.165, 1.54) is 11.1 Å². The van der Waals surface area contributed by atoms with Crippen LogP contribution in [-0.2, 0) is 17.8 Å². The molecule has 1 heterocycles. The van der Waals surface area contributed by atoms with E-state index in [4.69, 9.17) is 0 Å². The molecular formula is C19H29NO2. The Kier molecular flexibility index (Phi) is 6.44. The minimum absolute atomic E-state index is 0.268. The van der Waals surface area contributed by atoms with E-state index in [2.05, 4.69) is 26.0 Å². The number of fused-ring (bicyclic) bond motifs is 1. The molecule has 1 N–H and O–H groups in total. The van der Waals surface area contributed by atoms with E-state index in [0.717, 1.165) is 50.6 Å². The SMILES string of the molecule is CCCCC(=O)N1CCc2ccc(C(O)CCCC)cc2C1. The number of carbonyl (C=O) groups excluding carboxylic acids is 1. The number of nitrogens with zero attached hydrogens (tertiary/aromatic N) is 1. The number of benzene rings is 1. The van der Waals surface area contributed by atoms with Crippen LogP contribution in [0.25, 0.3) is 0 Å². The summed E-state index contributed by atoms with van der Waals surface area (Å²) < 4.78 is 0. The number of unbranched alkanes of at least 4 members (excludes halogenated alkanes) is 2. The molecule has 1 unspecified atom stereocenters. The fraction of sp³-hybridized carbons (Fsp3) is 0.632. The summed E-state index contributed by atoms with van der Waals surface area (Å²) in [7, 11) is 0. The van der Waals surface area contributed by atoms with Crippen LogP contribution in [0.1, 0.15) is 75.2 Å². The summed E-state index contributed by atoms with van der Waals surface area (Å²) in [5.74, 6) is 0.268. The Morgan fingerprint density at radius 1 is 1.23 bits per heavy atom. The first kappa shape index (κ1) is 17.0. The van der Waals surface area contributed by atoms with Crippen LogP contribution in [0.5, 0.6) is 0 Å². The molecular weight excluding hydrogens is 274 g/mol. The van der Waals surface area contributed by atoms with E-state index in [1.807, 2.05) is 11.0 Å². The van der Waals surface area contributed by atoms with Gasteiger partial charge in [0, 0.05) is 19.5 Å². The molecule has 0 bridgehead atoms. The average molecular weight is 303 g/mol. The van der Waals surface area contributed by atoms with E-state index in [1.54, 1.807) is 0 Å². The van der Waals surface area contributed by atoms with Gasteiger partial charge >= 0.3 is 0 Å². The summed E-state index contributed by atoms with van der Waals surface area (Å²) in [6.45, 7) is 5.78. The fourth-order valence-corrected chi connectivity index (χ4v) is 3.05. The van der Waals surface area contributed by atoms with Crippen molar-refractivity contribution in [3.8, 4) is 0 Å². The zero-order chi connectivity index (χ0) is 15.9. The molecule has 1 aliphatic rings. The lowest BCUT2D eigenvalue weighted by Crippen LogP contribution is -2.35. The van der Waals surface area contributed by atoms with Gasteiger partial charge in [-0.2, -0.15) is 0 Å². The normalized spacial score (nSPS) is 15.5. The second-order valence-corrected chi connectivity index (χ2v) is 6.36. The Morgan fingerprint density at radius 3 is 2.73 bits per heavy atom. The van der Waals surface area contributed by atoms with Crippen molar-refractivity contribution in [2.45, 2.75) is 71.4 Å². The van der Waals surface area contributed by atoms with Crippen LogP contribution in [0.15, 0.2) is 18.2 Å². The molecule has 0 aromatic heterocycles. The molecule has 122 valence electrons. The summed E-state index contributed by atoms with van der Waals surface area (Å²) in [6.07, 6.45) is 6.19. The fourth-order valence-electron chi connectivity index (χ4n) is 3.05. The topological polar surface area (TPSA) is 40.5 Å². The van der Waals surface area contributed by atoms with Crippen LogP contribution in [0.2, 0.25) is 0 Å². The molecule has 3 heteroatoms. The Labute approximate surface area is 134 Å². The minimum atomic E-state index is -0.378. The third-order valence-electron chi connectivity index (χ3n) is 4.56. The highest BCUT2D eigenvalue weighted by atomic mass is 16.3. The molecule has 0 fully saturated rings. The Morgan fingerprint density at radius 2 is 2.00 bits per heavy atom. The number of aliphatic hydroxyl groups excluding tert-OH is 1. The van der Waals surface area contributed by atoms with Gasteiger partial charge < -0.3 is 10.0 Å². The maximum absolute atomic E-state index is 12.2. The van der Waals surface area contributed by atoms with Crippen LogP contribution >= 0.6 is 0 Å². The first-order valence-electron chi connectivity index (χ1n) is 8.73. The lowest BCUT2D eigenvalue weighted by Gasteiger charge is -2.29. The molecule has 22 heavy (non-hydrogen) atoms. The van der Waals surface area contributed by atoms with Crippen molar-refractivity contribution in [3.05, 3.63) is 34.9 Å². The Hall–Kier alpha value is -1.35. The monoisotopic (exact) mass is 303 g/mol. The molecule has 1 amide bonds. The lowest BCUT2D eigenvalue weighted by molar-refractivity contribution is -0.132. The summed E-state index contributed by atoms with van der Waals surface area (Å²) in [4.78, 5) is 14.2. The van der Waals surface area contributed by atoms with Gasteiger partial charge in [0.2, 0.25) is 5.91 Å². The average Bonchev–Trinajstić information content (AvgIpc) is 2.56. The molecule has 2 rings (SSSR count). The van der Waals surface area contributed by atoms with Gasteiger partial charge in [0.1, 0.15) is 0 Å². The van der Waals surface area contributed by atoms with Crippen molar-refractivity contribution in [1.29, 1.82) is 0 Å². The van der Waals surface area contributed by atoms with Gasteiger partial charge in [-0.3, -0.25) is 4.79 Å². The van der Waals surface area contributed by atoms with Gasteiger partial charge in [-0.05, 0) is 36.0 Å². The second-order valence-electron chi connectivity index (χ2n) is 6.36. The van der Waals surface area contributed by atoms with E-state index >= 15 is 0 Å². The largest absolute Gasteiger partial charge is 0.388 e. The standard InChI is InChI=1S/C19H29NO2/c1-3-5-7-18(21)16-10-9-15-11-12-20(14-17(15)13-16)19(22)8-6-4-2/h9-10,13,18,21H,3-8,11-12,14H2,1-2H3. The quantitative estimate of drug-likeness (QED) is 0.827. The molecule has 0 saturated heterocycles. The van der Waals surface area contributed by atoms with E-state index in [0.29, 0.717) is 13.0 Å². The summed E-state index contributed by atoms with van der Waals surface area (Å²) in [5.41, 5.74) is 3.53. The summed E-state index contributed by atoms with van der Waals surface area (Å²) >= 11 is 0. The number of aliphatic hydroxyl groups is 1. The number of hydrogen-bond donors (Lipinski definition) is 1. The van der Waals surface area contributed by atoms with E-state index in [9.17, 15) is 9.90 Å². The van der Waals surface area contributed by atoms with Crippen molar-refractivity contribution in [2.75, 3.05) is 6.54 Å². The van der Waals surface area contributed by atoms with Gasteiger partial charge in [0.25, 0.3) is 0 Å². The van der Waals surface area contributed by atoms with Crippen LogP contribution in [0.3, 0.4) is 0 Å². The zero-order valence-electron chi connectivity index (χ0n) is 14.0. The van der Waals surface area contributed by atoms with Crippen molar-refractivity contribution < 1.29 is 9.90 Å². The number of carbonyl (C=O) groups is 1. The van der Waals surface area contributed by atoms with Crippen molar-refractivity contribution in [3.63, 3.8) is 0 Å². The molecule has 0 radical (unpaired) electrons. The smallest absolute Gasteiger partial charge is 0.222 e. The molecule has 3 nitrogen and oxygen atoms in total. The molecule has 1 aromatic rings. The molecule has 1 aromatic carbocycles. The van der Waals surface area contributed by atoms with Crippen LogP contribution in [0, 0.1) is 0 Å². The van der Waals surface area contributed by atoms with Crippen LogP contribution < -0.4 is 0 Å². The first-order valence-corrected chi connectivity index (χ1v) is 8.73. The number of hydrogen-bond acceptors (Lipinski definition) is 2. The van der Waals surface area contributed by atoms with E-state index < -0.39 is 0 Å². The lowest BCUT2D eigenvalue weighted by atomic mass is 9.94. The van der Waals surface area contributed by atoms with Crippen molar-refractivity contribution in [1.82, 2.24) is 4.90 Å². The molecule has 0 saturated carbocycles. The maximum Gasteiger partial charge on any atom is 0.222 e. The molecule has 0 aliphatic carbocycles. The molecule has 0 spiro atoms. The summed E-state index contributed by atoms with van der Waals surface area (Å²) in [5, 5.41) is 10.3. The molecule has 1 aliphatic heterocycles. The predicted molar refractivity (Wildman–Crippen MR) is 89.6 cm³/mol. The van der Waals surface area contributed by atoms with Crippen LogP contribution in [-0.4, -0.2) is 22.5 Å². The van der Waals surface area contributed by atoms with Gasteiger partial charge in [0.15, 0.2) is 0 Å². The number of amides is 1. The Bertz CT molecular complexity index is 498. The van der Waals surface area contributed by atoms with Gasteiger partial charge in [-0.1, -0.05) is 51.3 Å². The van der Waals surface area contributed by atoms with Gasteiger partial charge in [-0.25, -0.2) is 0 Å². The third kappa shape index (κ3) is 4.33. The highest BCUT2D eigenvalue weighted by Crippen LogP contribution is 2.26. The predicted octanol–water partition coefficient (Wildman–Crippen LogP) is 3.99.